The first-order chi connectivity index (χ1) is 14.7. The van der Waals surface area contributed by atoms with E-state index in [1.54, 1.807) is 0 Å². The maximum Gasteiger partial charge on any atom is 0.336 e. The van der Waals surface area contributed by atoms with Crippen molar-refractivity contribution in [3.63, 3.8) is 0 Å². The molecular formula is C23H26ClNO6. The van der Waals surface area contributed by atoms with Crippen LogP contribution in [0.15, 0.2) is 42.5 Å². The van der Waals surface area contributed by atoms with E-state index in [-0.39, 0.29) is 6.42 Å². The number of hydrogen-bond acceptors (Lipinski definition) is 4. The number of fused-ring (bicyclic) bond motifs is 3. The number of halogens is 1. The lowest BCUT2D eigenvalue weighted by molar-refractivity contribution is -0.168. The monoisotopic (exact) mass is 447 g/mol. The smallest absolute Gasteiger partial charge is 0.336 e. The first-order valence-electron chi connectivity index (χ1n) is 10.2. The zero-order chi connectivity index (χ0) is 22.6. The molecule has 0 fully saturated rings. The zero-order valence-corrected chi connectivity index (χ0v) is 17.8. The van der Waals surface area contributed by atoms with Crippen molar-refractivity contribution >= 4 is 45.3 Å². The van der Waals surface area contributed by atoms with Gasteiger partial charge in [-0.2, -0.15) is 0 Å². The van der Waals surface area contributed by atoms with E-state index in [0.29, 0.717) is 11.4 Å². The Labute approximate surface area is 184 Å². The molecule has 7 nitrogen and oxygen atoms in total. The number of rotatable bonds is 11. The van der Waals surface area contributed by atoms with Gasteiger partial charge in [-0.25, -0.2) is 4.79 Å². The first kappa shape index (κ1) is 23.1. The van der Waals surface area contributed by atoms with Crippen LogP contribution in [0.1, 0.15) is 38.5 Å². The summed E-state index contributed by atoms with van der Waals surface area (Å²) in [5.41, 5.74) is -0.235. The standard InChI is InChI=1S/C23H26ClNO6/c24-15-9-10-20-18(12-15)17-7-3-4-8-19(17)25(20)11-5-1-2-6-16(26)13-23(31,22(29)30)14-21(27)28/h3-4,7-10,12,16,26,31H,1-2,5-6,11,13-14H2,(H,27,28)(H,29,30)/t16-,23+/m0/s1. The van der Waals surface area contributed by atoms with E-state index in [1.807, 2.05) is 30.3 Å². The molecule has 0 saturated heterocycles. The Morgan fingerprint density at radius 1 is 1.00 bits per heavy atom. The molecule has 3 aromatic rings. The van der Waals surface area contributed by atoms with E-state index in [9.17, 15) is 19.8 Å². The van der Waals surface area contributed by atoms with E-state index >= 15 is 0 Å². The highest BCUT2D eigenvalue weighted by molar-refractivity contribution is 6.31. The summed E-state index contributed by atoms with van der Waals surface area (Å²) in [5.74, 6) is -3.06. The SMILES string of the molecule is O=C(O)C[C@](O)(C[C@@H](O)CCCCCn1c2ccccc2c2cc(Cl)ccc21)C(=O)O. The second-order valence-corrected chi connectivity index (χ2v) is 8.38. The van der Waals surface area contributed by atoms with Crippen LogP contribution in [0.25, 0.3) is 21.8 Å². The summed E-state index contributed by atoms with van der Waals surface area (Å²) in [5, 5.41) is 41.0. The number of aliphatic hydroxyl groups is 2. The summed E-state index contributed by atoms with van der Waals surface area (Å²) >= 11 is 6.18. The average molecular weight is 448 g/mol. The fourth-order valence-electron chi connectivity index (χ4n) is 4.07. The highest BCUT2D eigenvalue weighted by atomic mass is 35.5. The van der Waals surface area contributed by atoms with Gasteiger partial charge in [0.05, 0.1) is 12.5 Å². The lowest BCUT2D eigenvalue weighted by Crippen LogP contribution is -2.43. The normalized spacial score (nSPS) is 14.5. The number of para-hydroxylation sites is 1. The van der Waals surface area contributed by atoms with Crippen LogP contribution in [-0.2, 0) is 16.1 Å². The van der Waals surface area contributed by atoms with Gasteiger partial charge in [-0.3, -0.25) is 4.79 Å². The molecule has 8 heteroatoms. The van der Waals surface area contributed by atoms with Crippen molar-refractivity contribution in [1.29, 1.82) is 0 Å². The number of carbonyl (C=O) groups is 2. The molecule has 2 atom stereocenters. The Kier molecular flexibility index (Phi) is 7.20. The predicted molar refractivity (Wildman–Crippen MR) is 118 cm³/mol. The summed E-state index contributed by atoms with van der Waals surface area (Å²) in [7, 11) is 0. The highest BCUT2D eigenvalue weighted by Crippen LogP contribution is 2.31. The highest BCUT2D eigenvalue weighted by Gasteiger charge is 2.40. The summed E-state index contributed by atoms with van der Waals surface area (Å²) in [6, 6.07) is 14.0. The van der Waals surface area contributed by atoms with E-state index in [1.165, 1.54) is 0 Å². The lowest BCUT2D eigenvalue weighted by Gasteiger charge is -2.24. The molecule has 31 heavy (non-hydrogen) atoms. The van der Waals surface area contributed by atoms with Crippen molar-refractivity contribution < 1.29 is 30.0 Å². The van der Waals surface area contributed by atoms with Crippen LogP contribution in [0.2, 0.25) is 5.02 Å². The van der Waals surface area contributed by atoms with Gasteiger partial charge in [0.2, 0.25) is 0 Å². The molecule has 4 N–H and O–H groups in total. The Hall–Kier alpha value is -2.61. The number of unbranched alkanes of at least 4 members (excludes halogenated alkanes) is 2. The largest absolute Gasteiger partial charge is 0.481 e. The lowest BCUT2D eigenvalue weighted by atomic mass is 9.90. The third kappa shape index (κ3) is 5.36. The summed E-state index contributed by atoms with van der Waals surface area (Å²) in [6.45, 7) is 0.778. The second-order valence-electron chi connectivity index (χ2n) is 7.94. The summed E-state index contributed by atoms with van der Waals surface area (Å²) in [4.78, 5) is 22.0. The van der Waals surface area contributed by atoms with Crippen molar-refractivity contribution in [2.24, 2.45) is 0 Å². The summed E-state index contributed by atoms with van der Waals surface area (Å²) in [6.07, 6.45) is 0.0188. The molecule has 0 amide bonds. The third-order valence-electron chi connectivity index (χ3n) is 5.57. The molecule has 0 spiro atoms. The molecule has 2 aromatic carbocycles. The average Bonchev–Trinajstić information content (AvgIpc) is 3.00. The van der Waals surface area contributed by atoms with E-state index in [2.05, 4.69) is 16.7 Å². The topological polar surface area (TPSA) is 120 Å². The minimum atomic E-state index is -2.46. The number of aryl methyl sites for hydroxylation is 1. The molecule has 1 aromatic heterocycles. The van der Waals surface area contributed by atoms with Crippen molar-refractivity contribution in [3.8, 4) is 0 Å². The Balaban J connectivity index is 1.57. The molecule has 0 aliphatic carbocycles. The predicted octanol–water partition coefficient (Wildman–Crippen LogP) is 4.05. The van der Waals surface area contributed by atoms with Gasteiger partial charge in [0.15, 0.2) is 5.60 Å². The minimum absolute atomic E-state index is 0.290. The van der Waals surface area contributed by atoms with Crippen LogP contribution in [-0.4, -0.2) is 48.6 Å². The molecule has 166 valence electrons. The molecule has 0 saturated carbocycles. The first-order valence-corrected chi connectivity index (χ1v) is 10.6. The number of aromatic nitrogens is 1. The van der Waals surface area contributed by atoms with Crippen molar-refractivity contribution in [2.75, 3.05) is 0 Å². The molecule has 1 heterocycles. The number of aliphatic carboxylic acids is 2. The second kappa shape index (κ2) is 9.68. The molecule has 0 aliphatic rings. The Bertz CT molecular complexity index is 1090. The van der Waals surface area contributed by atoms with Crippen LogP contribution in [0.4, 0.5) is 0 Å². The quantitative estimate of drug-likeness (QED) is 0.329. The fourth-order valence-corrected chi connectivity index (χ4v) is 4.24. The van der Waals surface area contributed by atoms with Gasteiger partial charge in [0.1, 0.15) is 0 Å². The van der Waals surface area contributed by atoms with Gasteiger partial charge in [-0.15, -0.1) is 0 Å². The van der Waals surface area contributed by atoms with Crippen LogP contribution >= 0.6 is 11.6 Å². The van der Waals surface area contributed by atoms with Crippen LogP contribution < -0.4 is 0 Å². The Morgan fingerprint density at radius 2 is 1.71 bits per heavy atom. The van der Waals surface area contributed by atoms with E-state index in [4.69, 9.17) is 21.8 Å². The van der Waals surface area contributed by atoms with Crippen LogP contribution in [0.3, 0.4) is 0 Å². The molecule has 3 rings (SSSR count). The van der Waals surface area contributed by atoms with Gasteiger partial charge in [-0.05, 0) is 37.1 Å². The molecule has 0 unspecified atom stereocenters. The van der Waals surface area contributed by atoms with E-state index in [0.717, 1.165) is 41.2 Å². The third-order valence-corrected chi connectivity index (χ3v) is 5.80. The van der Waals surface area contributed by atoms with Gasteiger partial charge < -0.3 is 25.0 Å². The van der Waals surface area contributed by atoms with Crippen molar-refractivity contribution in [1.82, 2.24) is 4.57 Å². The van der Waals surface area contributed by atoms with Gasteiger partial charge in [0, 0.05) is 39.8 Å². The molecule has 0 radical (unpaired) electrons. The van der Waals surface area contributed by atoms with Gasteiger partial charge >= 0.3 is 11.9 Å². The molecule has 0 bridgehead atoms. The number of hydrogen-bond donors (Lipinski definition) is 4. The number of aliphatic hydroxyl groups excluding tert-OH is 1. The maximum atomic E-state index is 11.2. The Morgan fingerprint density at radius 3 is 2.42 bits per heavy atom. The fraction of sp³-hybridized carbons (Fsp3) is 0.391. The van der Waals surface area contributed by atoms with Gasteiger partial charge in [-0.1, -0.05) is 42.6 Å². The van der Waals surface area contributed by atoms with E-state index < -0.39 is 36.5 Å². The minimum Gasteiger partial charge on any atom is -0.481 e. The van der Waals surface area contributed by atoms with Crippen molar-refractivity contribution in [2.45, 2.75) is 56.8 Å². The number of carboxylic acid groups (broad SMARTS) is 2. The van der Waals surface area contributed by atoms with Crippen LogP contribution in [0, 0.1) is 0 Å². The summed E-state index contributed by atoms with van der Waals surface area (Å²) < 4.78 is 2.24. The van der Waals surface area contributed by atoms with Gasteiger partial charge in [0.25, 0.3) is 0 Å². The molecule has 0 aliphatic heterocycles. The zero-order valence-electron chi connectivity index (χ0n) is 17.0. The van der Waals surface area contributed by atoms with Crippen LogP contribution in [0.5, 0.6) is 0 Å². The number of carboxylic acids is 2. The maximum absolute atomic E-state index is 11.2. The number of benzene rings is 2. The number of nitrogens with zero attached hydrogens (tertiary/aromatic N) is 1. The van der Waals surface area contributed by atoms with Crippen molar-refractivity contribution in [3.05, 3.63) is 47.5 Å². The molecular weight excluding hydrogens is 422 g/mol.